The van der Waals surface area contributed by atoms with Crippen molar-refractivity contribution in [3.05, 3.63) is 47.8 Å². The molecule has 3 rings (SSSR count). The van der Waals surface area contributed by atoms with E-state index in [-0.39, 0.29) is 11.9 Å². The van der Waals surface area contributed by atoms with Crippen LogP contribution in [-0.4, -0.2) is 6.04 Å². The van der Waals surface area contributed by atoms with Gasteiger partial charge in [-0.1, -0.05) is 30.4 Å². The van der Waals surface area contributed by atoms with E-state index in [0.717, 1.165) is 17.4 Å². The van der Waals surface area contributed by atoms with E-state index in [9.17, 15) is 4.39 Å². The molecule has 2 heteroatoms. The standard InChI is InChI=1S/C17H22FN/c1-11(15-5-3-4-6-17(15)18)19-12(2)16-10-13-7-8-14(16)9-13/h3-8,11-14,16,19H,9-10H2,1-2H3/t11-,12?,13?,14?,16?/m1/s1. The molecule has 4 unspecified atom stereocenters. The summed E-state index contributed by atoms with van der Waals surface area (Å²) in [7, 11) is 0. The van der Waals surface area contributed by atoms with Crippen LogP contribution in [0.1, 0.15) is 38.3 Å². The van der Waals surface area contributed by atoms with Crippen LogP contribution in [-0.2, 0) is 0 Å². The molecule has 0 amide bonds. The summed E-state index contributed by atoms with van der Waals surface area (Å²) < 4.78 is 13.8. The van der Waals surface area contributed by atoms with Crippen molar-refractivity contribution in [1.29, 1.82) is 0 Å². The molecule has 0 saturated heterocycles. The summed E-state index contributed by atoms with van der Waals surface area (Å²) in [5.74, 6) is 2.13. The molecule has 0 radical (unpaired) electrons. The number of benzene rings is 1. The monoisotopic (exact) mass is 259 g/mol. The van der Waals surface area contributed by atoms with E-state index in [2.05, 4.69) is 31.3 Å². The van der Waals surface area contributed by atoms with Gasteiger partial charge in [-0.15, -0.1) is 0 Å². The second kappa shape index (κ2) is 5.09. The van der Waals surface area contributed by atoms with E-state index < -0.39 is 0 Å². The summed E-state index contributed by atoms with van der Waals surface area (Å²) in [6.45, 7) is 4.30. The molecule has 0 aliphatic heterocycles. The van der Waals surface area contributed by atoms with Crippen molar-refractivity contribution < 1.29 is 4.39 Å². The highest BCUT2D eigenvalue weighted by molar-refractivity contribution is 5.21. The largest absolute Gasteiger partial charge is 0.307 e. The molecule has 1 N–H and O–H groups in total. The third-order valence-electron chi connectivity index (χ3n) is 4.86. The Morgan fingerprint density at radius 3 is 2.58 bits per heavy atom. The Morgan fingerprint density at radius 1 is 1.16 bits per heavy atom. The minimum atomic E-state index is -0.109. The maximum Gasteiger partial charge on any atom is 0.127 e. The van der Waals surface area contributed by atoms with Gasteiger partial charge in [-0.25, -0.2) is 4.39 Å². The Morgan fingerprint density at radius 2 is 1.95 bits per heavy atom. The third-order valence-corrected chi connectivity index (χ3v) is 4.86. The highest BCUT2D eigenvalue weighted by atomic mass is 19.1. The third kappa shape index (κ3) is 2.46. The molecule has 1 aromatic rings. The molecule has 19 heavy (non-hydrogen) atoms. The first-order valence-corrected chi connectivity index (χ1v) is 7.34. The quantitative estimate of drug-likeness (QED) is 0.803. The predicted octanol–water partition coefficient (Wildman–Crippen LogP) is 4.08. The van der Waals surface area contributed by atoms with Crippen LogP contribution < -0.4 is 5.32 Å². The number of fused-ring (bicyclic) bond motifs is 2. The van der Waals surface area contributed by atoms with Crippen LogP contribution in [0.25, 0.3) is 0 Å². The minimum absolute atomic E-state index is 0.0688. The predicted molar refractivity (Wildman–Crippen MR) is 76.3 cm³/mol. The first kappa shape index (κ1) is 12.9. The molecule has 1 nitrogen and oxygen atoms in total. The van der Waals surface area contributed by atoms with Crippen LogP contribution in [0.4, 0.5) is 4.39 Å². The number of nitrogens with one attached hydrogen (secondary N) is 1. The molecule has 1 fully saturated rings. The fourth-order valence-electron chi connectivity index (χ4n) is 3.83. The van der Waals surface area contributed by atoms with Gasteiger partial charge in [0.2, 0.25) is 0 Å². The van der Waals surface area contributed by atoms with Gasteiger partial charge in [0.1, 0.15) is 5.82 Å². The minimum Gasteiger partial charge on any atom is -0.307 e. The van der Waals surface area contributed by atoms with Gasteiger partial charge in [-0.2, -0.15) is 0 Å². The fourth-order valence-corrected chi connectivity index (χ4v) is 3.83. The van der Waals surface area contributed by atoms with Crippen LogP contribution >= 0.6 is 0 Å². The molecule has 1 aromatic carbocycles. The van der Waals surface area contributed by atoms with Gasteiger partial charge in [-0.3, -0.25) is 0 Å². The van der Waals surface area contributed by atoms with Gasteiger partial charge in [0, 0.05) is 17.6 Å². The van der Waals surface area contributed by atoms with Gasteiger partial charge in [0.25, 0.3) is 0 Å². The Balaban J connectivity index is 1.65. The van der Waals surface area contributed by atoms with Gasteiger partial charge >= 0.3 is 0 Å². The number of rotatable bonds is 4. The topological polar surface area (TPSA) is 12.0 Å². The maximum atomic E-state index is 13.8. The van der Waals surface area contributed by atoms with E-state index in [4.69, 9.17) is 0 Å². The average molecular weight is 259 g/mol. The lowest BCUT2D eigenvalue weighted by Crippen LogP contribution is -2.37. The SMILES string of the molecule is CC(N[C@H](C)c1ccccc1F)C1CC2C=CC1C2. The second-order valence-corrected chi connectivity index (χ2v) is 6.14. The van der Waals surface area contributed by atoms with E-state index in [0.29, 0.717) is 12.0 Å². The van der Waals surface area contributed by atoms with Crippen LogP contribution in [0.15, 0.2) is 36.4 Å². The lowest BCUT2D eigenvalue weighted by molar-refractivity contribution is 0.305. The molecular weight excluding hydrogens is 237 g/mol. The molecule has 1 saturated carbocycles. The number of allylic oxidation sites excluding steroid dienone is 2. The van der Waals surface area contributed by atoms with Crippen molar-refractivity contribution in [2.24, 2.45) is 17.8 Å². The number of hydrogen-bond donors (Lipinski definition) is 1. The van der Waals surface area contributed by atoms with Crippen molar-refractivity contribution in [2.75, 3.05) is 0 Å². The molecule has 0 heterocycles. The van der Waals surface area contributed by atoms with Crippen LogP contribution in [0.5, 0.6) is 0 Å². The highest BCUT2D eigenvalue weighted by Gasteiger charge is 2.38. The smallest absolute Gasteiger partial charge is 0.127 e. The second-order valence-electron chi connectivity index (χ2n) is 6.14. The summed E-state index contributed by atoms with van der Waals surface area (Å²) in [4.78, 5) is 0. The highest BCUT2D eigenvalue weighted by Crippen LogP contribution is 2.45. The Labute approximate surface area is 114 Å². The Hall–Kier alpha value is -1.15. The van der Waals surface area contributed by atoms with Gasteiger partial charge in [0.15, 0.2) is 0 Å². The molecule has 0 aromatic heterocycles. The van der Waals surface area contributed by atoms with Gasteiger partial charge in [0.05, 0.1) is 0 Å². The summed E-state index contributed by atoms with van der Waals surface area (Å²) in [5, 5.41) is 3.59. The van der Waals surface area contributed by atoms with E-state index in [1.54, 1.807) is 12.1 Å². The van der Waals surface area contributed by atoms with E-state index >= 15 is 0 Å². The summed E-state index contributed by atoms with van der Waals surface area (Å²) in [6.07, 6.45) is 7.36. The summed E-state index contributed by atoms with van der Waals surface area (Å²) in [5.41, 5.74) is 0.771. The van der Waals surface area contributed by atoms with Crippen molar-refractivity contribution >= 4 is 0 Å². The first-order valence-electron chi connectivity index (χ1n) is 7.34. The molecule has 2 aliphatic carbocycles. The lowest BCUT2D eigenvalue weighted by Gasteiger charge is -2.29. The molecule has 0 spiro atoms. The molecule has 5 atom stereocenters. The summed E-state index contributed by atoms with van der Waals surface area (Å²) in [6, 6.07) is 7.57. The molecule has 102 valence electrons. The van der Waals surface area contributed by atoms with Crippen molar-refractivity contribution in [3.63, 3.8) is 0 Å². The first-order chi connectivity index (χ1) is 9.15. The fraction of sp³-hybridized carbons (Fsp3) is 0.529. The van der Waals surface area contributed by atoms with Crippen molar-refractivity contribution in [2.45, 2.75) is 38.8 Å². The van der Waals surface area contributed by atoms with Crippen LogP contribution in [0.3, 0.4) is 0 Å². The average Bonchev–Trinajstić information content (AvgIpc) is 3.01. The zero-order valence-electron chi connectivity index (χ0n) is 11.6. The number of halogens is 1. The lowest BCUT2D eigenvalue weighted by atomic mass is 9.87. The molecule has 2 bridgehead atoms. The zero-order chi connectivity index (χ0) is 13.4. The van der Waals surface area contributed by atoms with Gasteiger partial charge < -0.3 is 5.32 Å². The normalized spacial score (nSPS) is 31.6. The molecular formula is C17H22FN. The van der Waals surface area contributed by atoms with Gasteiger partial charge in [-0.05, 0) is 50.5 Å². The maximum absolute atomic E-state index is 13.8. The van der Waals surface area contributed by atoms with Crippen molar-refractivity contribution in [1.82, 2.24) is 5.32 Å². The van der Waals surface area contributed by atoms with Crippen molar-refractivity contribution in [3.8, 4) is 0 Å². The van der Waals surface area contributed by atoms with Crippen LogP contribution in [0.2, 0.25) is 0 Å². The van der Waals surface area contributed by atoms with Crippen LogP contribution in [0, 0.1) is 23.6 Å². The Kier molecular flexibility index (Phi) is 3.44. The number of hydrogen-bond acceptors (Lipinski definition) is 1. The Bertz CT molecular complexity index is 482. The van der Waals surface area contributed by atoms with E-state index in [1.165, 1.54) is 12.8 Å². The van der Waals surface area contributed by atoms with E-state index in [1.807, 2.05) is 12.1 Å². The summed E-state index contributed by atoms with van der Waals surface area (Å²) >= 11 is 0. The zero-order valence-corrected chi connectivity index (χ0v) is 11.6. The molecule has 2 aliphatic rings.